The number of aryl methyl sites for hydroxylation is 1. The summed E-state index contributed by atoms with van der Waals surface area (Å²) in [7, 11) is -7.73. The minimum absolute atomic E-state index is 0.0579. The van der Waals surface area contributed by atoms with E-state index in [1.54, 1.807) is 0 Å². The lowest BCUT2D eigenvalue weighted by molar-refractivity contribution is -0.458. The van der Waals surface area contributed by atoms with Crippen LogP contribution in [0.25, 0.3) is 0 Å². The van der Waals surface area contributed by atoms with Crippen LogP contribution in [0.3, 0.4) is 0 Å². The Hall–Kier alpha value is -2.55. The molecule has 0 aromatic heterocycles. The largest absolute Gasteiger partial charge is 0.460 e. The molecular weight excluding hydrogens is 635 g/mol. The summed E-state index contributed by atoms with van der Waals surface area (Å²) in [6, 6.07) is 1.39. The Morgan fingerprint density at radius 3 is 1.48 bits per heavy atom. The van der Waals surface area contributed by atoms with Crippen molar-refractivity contribution in [3.63, 3.8) is 0 Å². The number of Topliss-reactive ketones (excluding diaryl/α,β-unsaturated/α-hetero) is 1. The number of hydrogen-bond acceptors (Lipinski definition) is 4. The van der Waals surface area contributed by atoms with Crippen LogP contribution in [0.5, 0.6) is 5.75 Å². The fourth-order valence-electron chi connectivity index (χ4n) is 3.16. The van der Waals surface area contributed by atoms with Gasteiger partial charge in [0.2, 0.25) is 0 Å². The predicted molar refractivity (Wildman–Crippen MR) is 93.9 cm³/mol. The van der Waals surface area contributed by atoms with Gasteiger partial charge in [-0.05, 0) is 36.6 Å². The predicted octanol–water partition coefficient (Wildman–Crippen LogP) is 6.88. The van der Waals surface area contributed by atoms with Gasteiger partial charge in [-0.15, -0.1) is 0 Å². The zero-order valence-corrected chi connectivity index (χ0v) is 19.1. The number of fused-ring (bicyclic) bond motifs is 1. The summed E-state index contributed by atoms with van der Waals surface area (Å²) < 4.78 is 254. The summed E-state index contributed by atoms with van der Waals surface area (Å²) in [6.45, 7) is 0. The summed E-state index contributed by atoms with van der Waals surface area (Å²) >= 11 is 0. The number of benzene rings is 1. The third-order valence-corrected chi connectivity index (χ3v) is 6.74. The van der Waals surface area contributed by atoms with E-state index in [9.17, 15) is 87.8 Å². The molecule has 1 aliphatic carbocycles. The van der Waals surface area contributed by atoms with Crippen LogP contribution in [0, 0.1) is 0 Å². The van der Waals surface area contributed by atoms with Gasteiger partial charge in [0, 0.05) is 12.0 Å². The molecule has 0 bridgehead atoms. The lowest BCUT2D eigenvalue weighted by atomic mass is 9.91. The van der Waals surface area contributed by atoms with E-state index in [1.807, 2.05) is 0 Å². The molecule has 0 N–H and O–H groups in total. The quantitative estimate of drug-likeness (QED) is 0.217. The van der Waals surface area contributed by atoms with Gasteiger partial charge in [-0.1, -0.05) is 0 Å². The number of carbonyl (C=O) groups is 1. The lowest BCUT2D eigenvalue weighted by Crippen LogP contribution is -2.75. The number of hydrogen-bond donors (Lipinski definition) is 0. The number of ketones is 1. The maximum absolute atomic E-state index is 14.1. The highest BCUT2D eigenvalue weighted by atomic mass is 32.2. The summed E-state index contributed by atoms with van der Waals surface area (Å²) in [5, 5.41) is -7.78. The van der Waals surface area contributed by atoms with Crippen molar-refractivity contribution in [2.24, 2.45) is 0 Å². The first-order valence-corrected chi connectivity index (χ1v) is 11.2. The highest BCUT2D eigenvalue weighted by Gasteiger charge is 2.96. The Morgan fingerprint density at radius 1 is 0.600 bits per heavy atom. The lowest BCUT2D eigenvalue weighted by Gasteiger charge is -2.42. The number of halogens is 17. The van der Waals surface area contributed by atoms with Gasteiger partial charge in [0.25, 0.3) is 0 Å². The monoisotopic (exact) mass is 644 g/mol. The Balaban J connectivity index is 2.58. The van der Waals surface area contributed by atoms with E-state index in [0.717, 1.165) is 0 Å². The molecule has 0 heterocycles. The molecule has 0 amide bonds. The first-order valence-electron chi connectivity index (χ1n) is 9.77. The van der Waals surface area contributed by atoms with E-state index >= 15 is 0 Å². The van der Waals surface area contributed by atoms with Crippen molar-refractivity contribution in [1.29, 1.82) is 0 Å². The first kappa shape index (κ1) is 33.7. The summed E-state index contributed by atoms with van der Waals surface area (Å²) in [6.07, 6.45) is -7.99. The Morgan fingerprint density at radius 2 is 1.02 bits per heavy atom. The fourth-order valence-corrected chi connectivity index (χ4v) is 4.06. The highest BCUT2D eigenvalue weighted by molar-refractivity contribution is 7.88. The molecule has 0 saturated carbocycles. The highest BCUT2D eigenvalue weighted by Crippen LogP contribution is 2.64. The van der Waals surface area contributed by atoms with Crippen LogP contribution in [-0.2, 0) is 16.5 Å². The van der Waals surface area contributed by atoms with Crippen LogP contribution in [0.4, 0.5) is 74.6 Å². The molecule has 0 spiro atoms. The van der Waals surface area contributed by atoms with Gasteiger partial charge in [-0.3, -0.25) is 4.79 Å². The molecule has 0 atom stereocenters. The fraction of sp³-hybridized carbons (Fsp3) is 0.611. The average Bonchev–Trinajstić information content (AvgIpc) is 2.77. The van der Waals surface area contributed by atoms with Gasteiger partial charge < -0.3 is 4.18 Å². The molecule has 22 heteroatoms. The Labute approximate surface area is 210 Å². The number of rotatable bonds is 9. The molecule has 1 aromatic carbocycles. The van der Waals surface area contributed by atoms with Crippen molar-refractivity contribution in [2.75, 3.05) is 0 Å². The van der Waals surface area contributed by atoms with Crippen LogP contribution >= 0.6 is 0 Å². The second-order valence-electron chi connectivity index (χ2n) is 8.09. The van der Waals surface area contributed by atoms with Gasteiger partial charge in [-0.25, -0.2) is 0 Å². The van der Waals surface area contributed by atoms with E-state index in [1.165, 1.54) is 0 Å². The van der Waals surface area contributed by atoms with E-state index in [4.69, 9.17) is 0 Å². The molecule has 1 aromatic rings. The molecule has 230 valence electrons. The van der Waals surface area contributed by atoms with Gasteiger partial charge in [-0.2, -0.15) is 83.1 Å². The average molecular weight is 644 g/mol. The van der Waals surface area contributed by atoms with Crippen molar-refractivity contribution in [3.05, 3.63) is 29.3 Å². The van der Waals surface area contributed by atoms with Crippen molar-refractivity contribution in [1.82, 2.24) is 0 Å². The standard InChI is InChI=1S/C18H9F17O4S/c19-11(20,13(23,24)15(27,28)17(31,32)33)12(21,22)14(25,26)16(29,30)18(34,35)40(37,38)39-8-4-5-9-7(6-8)2-1-3-10(9)36/h4-6H,1-3H2. The molecule has 4 nitrogen and oxygen atoms in total. The van der Waals surface area contributed by atoms with Crippen molar-refractivity contribution in [3.8, 4) is 5.75 Å². The third kappa shape index (κ3) is 4.43. The van der Waals surface area contributed by atoms with Gasteiger partial charge in [0.15, 0.2) is 5.78 Å². The van der Waals surface area contributed by atoms with Crippen LogP contribution in [0.2, 0.25) is 0 Å². The smallest absolute Gasteiger partial charge is 0.378 e. The van der Waals surface area contributed by atoms with Gasteiger partial charge >= 0.3 is 57.1 Å². The molecule has 0 saturated heterocycles. The molecule has 1 aliphatic rings. The summed E-state index contributed by atoms with van der Waals surface area (Å²) in [4.78, 5) is 11.7. The minimum atomic E-state index is -8.92. The van der Waals surface area contributed by atoms with Crippen molar-refractivity contribution >= 4 is 15.9 Å². The Bertz CT molecular complexity index is 1270. The third-order valence-electron chi connectivity index (χ3n) is 5.44. The second-order valence-corrected chi connectivity index (χ2v) is 9.68. The molecule has 0 radical (unpaired) electrons. The molecule has 2 rings (SSSR count). The molecular formula is C18H9F17O4S. The van der Waals surface area contributed by atoms with E-state index < -0.39 is 68.6 Å². The first-order chi connectivity index (χ1) is 17.5. The molecule has 0 fully saturated rings. The molecule has 0 unspecified atom stereocenters. The van der Waals surface area contributed by atoms with Crippen LogP contribution in [-0.4, -0.2) is 61.2 Å². The van der Waals surface area contributed by atoms with Crippen molar-refractivity contribution < 1.29 is 92.0 Å². The summed E-state index contributed by atoms with van der Waals surface area (Å²) in [5.41, 5.74) is -0.346. The normalized spacial score (nSPS) is 17.1. The van der Waals surface area contributed by atoms with E-state index in [-0.39, 0.29) is 30.4 Å². The summed E-state index contributed by atoms with van der Waals surface area (Å²) in [5.74, 6) is -54.2. The van der Waals surface area contributed by atoms with E-state index in [2.05, 4.69) is 4.18 Å². The van der Waals surface area contributed by atoms with E-state index in [0.29, 0.717) is 18.2 Å². The maximum atomic E-state index is 14.1. The Kier molecular flexibility index (Phi) is 7.77. The van der Waals surface area contributed by atoms with Crippen LogP contribution in [0.1, 0.15) is 28.8 Å². The topological polar surface area (TPSA) is 60.4 Å². The number of carbonyl (C=O) groups excluding carboxylic acids is 1. The van der Waals surface area contributed by atoms with Crippen molar-refractivity contribution in [2.45, 2.75) is 66.2 Å². The second kappa shape index (κ2) is 9.23. The number of alkyl halides is 17. The van der Waals surface area contributed by atoms with Crippen LogP contribution in [0.15, 0.2) is 18.2 Å². The zero-order valence-electron chi connectivity index (χ0n) is 18.3. The SMILES string of the molecule is O=C1CCCc2cc(OS(=O)(=O)C(F)(F)C(F)(F)C(F)(F)C(F)(F)C(F)(F)C(F)(F)C(F)(F)C(F)(F)F)ccc21. The molecule has 40 heavy (non-hydrogen) atoms. The van der Waals surface area contributed by atoms with Gasteiger partial charge in [0.05, 0.1) is 0 Å². The zero-order chi connectivity index (χ0) is 31.8. The maximum Gasteiger partial charge on any atom is 0.460 e. The molecule has 0 aliphatic heterocycles. The van der Waals surface area contributed by atoms with Crippen LogP contribution < -0.4 is 4.18 Å². The minimum Gasteiger partial charge on any atom is -0.378 e. The van der Waals surface area contributed by atoms with Gasteiger partial charge in [0.1, 0.15) is 5.75 Å².